The average Bonchev–Trinajstić information content (AvgIpc) is 2.94. The molecular weight excluding hydrogens is 226 g/mol. The first-order valence-corrected chi connectivity index (χ1v) is 6.43. The van der Waals surface area contributed by atoms with Gasteiger partial charge in [0, 0.05) is 11.3 Å². The van der Waals surface area contributed by atoms with Crippen molar-refractivity contribution in [1.29, 1.82) is 0 Å². The first-order valence-electron chi connectivity index (χ1n) is 6.43. The summed E-state index contributed by atoms with van der Waals surface area (Å²) in [5.41, 5.74) is 0.748. The van der Waals surface area contributed by atoms with Crippen LogP contribution in [0.15, 0.2) is 42.5 Å². The number of carbonyl (C=O) groups excluding carboxylic acids is 1. The number of rotatable bonds is 1. The van der Waals surface area contributed by atoms with Crippen LogP contribution >= 0.6 is 0 Å². The summed E-state index contributed by atoms with van der Waals surface area (Å²) in [5.74, 6) is -0.129. The molecule has 1 aliphatic heterocycles. The molecule has 1 N–H and O–H groups in total. The topological polar surface area (TPSA) is 40.5 Å². The third-order valence-corrected chi connectivity index (χ3v) is 4.25. The minimum atomic E-state index is -0.729. The van der Waals surface area contributed by atoms with Crippen LogP contribution in [0.4, 0.5) is 5.69 Å². The van der Waals surface area contributed by atoms with Crippen LogP contribution < -0.4 is 4.90 Å². The van der Waals surface area contributed by atoms with Crippen LogP contribution in [0, 0.1) is 0 Å². The number of hydrogen-bond donors (Lipinski definition) is 1. The number of carbonyl (C=O) groups is 1. The third-order valence-electron chi connectivity index (χ3n) is 4.25. The van der Waals surface area contributed by atoms with Crippen molar-refractivity contribution in [2.75, 3.05) is 4.90 Å². The second-order valence-electron chi connectivity index (χ2n) is 5.21. The first-order chi connectivity index (χ1) is 8.67. The molecule has 3 rings (SSSR count). The summed E-state index contributed by atoms with van der Waals surface area (Å²) in [5, 5.41) is 10.4. The summed E-state index contributed by atoms with van der Waals surface area (Å²) in [6, 6.07) is 9.60. The van der Waals surface area contributed by atoms with Gasteiger partial charge in [-0.3, -0.25) is 9.69 Å². The summed E-state index contributed by atoms with van der Waals surface area (Å²) in [7, 11) is 0. The van der Waals surface area contributed by atoms with Gasteiger partial charge < -0.3 is 5.11 Å². The number of para-hydroxylation sites is 1. The molecule has 0 bridgehead atoms. The quantitative estimate of drug-likeness (QED) is 0.769. The van der Waals surface area contributed by atoms with E-state index in [4.69, 9.17) is 0 Å². The molecule has 1 heterocycles. The Kier molecular flexibility index (Phi) is 2.52. The molecule has 1 saturated heterocycles. The Morgan fingerprint density at radius 2 is 1.83 bits per heavy atom. The minimum Gasteiger partial charge on any atom is -0.386 e. The van der Waals surface area contributed by atoms with Gasteiger partial charge in [-0.15, -0.1) is 0 Å². The summed E-state index contributed by atoms with van der Waals surface area (Å²) < 4.78 is 0. The average molecular weight is 243 g/mol. The third kappa shape index (κ3) is 1.37. The first kappa shape index (κ1) is 11.5. The van der Waals surface area contributed by atoms with E-state index in [1.807, 2.05) is 30.3 Å². The van der Waals surface area contributed by atoms with Crippen LogP contribution in [0.1, 0.15) is 25.7 Å². The molecule has 1 saturated carbocycles. The molecular formula is C15H17NO2. The highest BCUT2D eigenvalue weighted by Crippen LogP contribution is 2.47. The van der Waals surface area contributed by atoms with Crippen LogP contribution in [0.3, 0.4) is 0 Å². The number of benzene rings is 1. The van der Waals surface area contributed by atoms with Crippen molar-refractivity contribution in [3.8, 4) is 0 Å². The van der Waals surface area contributed by atoms with Crippen LogP contribution in [0.25, 0.3) is 0 Å². The lowest BCUT2D eigenvalue weighted by Gasteiger charge is -2.36. The second-order valence-corrected chi connectivity index (χ2v) is 5.21. The van der Waals surface area contributed by atoms with Crippen LogP contribution in [0.5, 0.6) is 0 Å². The smallest absolute Gasteiger partial charge is 0.256 e. The van der Waals surface area contributed by atoms with E-state index in [0.717, 1.165) is 31.4 Å². The maximum atomic E-state index is 12.3. The Morgan fingerprint density at radius 1 is 1.22 bits per heavy atom. The molecule has 1 spiro atoms. The highest BCUT2D eigenvalue weighted by molar-refractivity contribution is 6.10. The molecule has 1 aliphatic carbocycles. The zero-order valence-electron chi connectivity index (χ0n) is 10.3. The van der Waals surface area contributed by atoms with Gasteiger partial charge in [0.15, 0.2) is 0 Å². The lowest BCUT2D eigenvalue weighted by molar-refractivity contribution is -0.114. The van der Waals surface area contributed by atoms with Gasteiger partial charge in [-0.2, -0.15) is 0 Å². The lowest BCUT2D eigenvalue weighted by atomic mass is 9.89. The van der Waals surface area contributed by atoms with Gasteiger partial charge in [0.05, 0.1) is 5.54 Å². The lowest BCUT2D eigenvalue weighted by Crippen LogP contribution is -2.49. The molecule has 2 fully saturated rings. The van der Waals surface area contributed by atoms with E-state index >= 15 is 0 Å². The summed E-state index contributed by atoms with van der Waals surface area (Å²) >= 11 is 0. The fraction of sp³-hybridized carbons (Fsp3) is 0.400. The number of aliphatic hydroxyl groups is 1. The fourth-order valence-corrected chi connectivity index (χ4v) is 3.35. The number of aliphatic hydroxyl groups excluding tert-OH is 1. The SMILES string of the molecule is C=C1C(=O)N(c2ccccc2)C2(CCCC2)C1O. The van der Waals surface area contributed by atoms with Gasteiger partial charge in [-0.1, -0.05) is 37.6 Å². The monoisotopic (exact) mass is 243 g/mol. The highest BCUT2D eigenvalue weighted by Gasteiger charge is 2.56. The van der Waals surface area contributed by atoms with E-state index < -0.39 is 11.6 Å². The normalized spacial score (nSPS) is 26.3. The summed E-state index contributed by atoms with van der Waals surface area (Å²) in [6.07, 6.45) is 3.09. The van der Waals surface area contributed by atoms with E-state index in [9.17, 15) is 9.90 Å². The molecule has 3 heteroatoms. The van der Waals surface area contributed by atoms with Gasteiger partial charge >= 0.3 is 0 Å². The van der Waals surface area contributed by atoms with E-state index in [2.05, 4.69) is 6.58 Å². The van der Waals surface area contributed by atoms with Crippen molar-refractivity contribution in [3.63, 3.8) is 0 Å². The molecule has 2 aliphatic rings. The predicted octanol–water partition coefficient (Wildman–Crippen LogP) is 2.26. The zero-order chi connectivity index (χ0) is 12.8. The Morgan fingerprint density at radius 3 is 2.44 bits per heavy atom. The van der Waals surface area contributed by atoms with E-state index in [1.165, 1.54) is 0 Å². The van der Waals surface area contributed by atoms with E-state index in [0.29, 0.717) is 5.57 Å². The minimum absolute atomic E-state index is 0.129. The van der Waals surface area contributed by atoms with Gasteiger partial charge in [-0.25, -0.2) is 0 Å². The molecule has 1 aromatic carbocycles. The second kappa shape index (κ2) is 3.95. The molecule has 18 heavy (non-hydrogen) atoms. The predicted molar refractivity (Wildman–Crippen MR) is 70.3 cm³/mol. The van der Waals surface area contributed by atoms with Crippen molar-refractivity contribution in [2.45, 2.75) is 37.3 Å². The van der Waals surface area contributed by atoms with Crippen molar-refractivity contribution in [1.82, 2.24) is 0 Å². The van der Waals surface area contributed by atoms with Crippen molar-refractivity contribution >= 4 is 11.6 Å². The van der Waals surface area contributed by atoms with Crippen molar-refractivity contribution in [3.05, 3.63) is 42.5 Å². The van der Waals surface area contributed by atoms with Crippen molar-refractivity contribution in [2.24, 2.45) is 0 Å². The summed E-state index contributed by atoms with van der Waals surface area (Å²) in [4.78, 5) is 14.1. The van der Waals surface area contributed by atoms with Gasteiger partial charge in [0.25, 0.3) is 5.91 Å². The Bertz CT molecular complexity index is 488. The van der Waals surface area contributed by atoms with Gasteiger partial charge in [0.1, 0.15) is 6.10 Å². The number of nitrogens with zero attached hydrogens (tertiary/aromatic N) is 1. The van der Waals surface area contributed by atoms with E-state index in [-0.39, 0.29) is 5.91 Å². The van der Waals surface area contributed by atoms with Gasteiger partial charge in [-0.05, 0) is 25.0 Å². The number of hydrogen-bond acceptors (Lipinski definition) is 2. The Balaban J connectivity index is 2.11. The molecule has 3 nitrogen and oxygen atoms in total. The van der Waals surface area contributed by atoms with E-state index in [1.54, 1.807) is 4.90 Å². The molecule has 1 aromatic rings. The number of amides is 1. The largest absolute Gasteiger partial charge is 0.386 e. The Hall–Kier alpha value is -1.61. The maximum absolute atomic E-state index is 12.3. The summed E-state index contributed by atoms with van der Waals surface area (Å²) in [6.45, 7) is 3.77. The highest BCUT2D eigenvalue weighted by atomic mass is 16.3. The van der Waals surface area contributed by atoms with Crippen molar-refractivity contribution < 1.29 is 9.90 Å². The maximum Gasteiger partial charge on any atom is 0.256 e. The standard InChI is InChI=1S/C15H17NO2/c1-11-13(17)15(9-5-6-10-15)16(14(11)18)12-7-3-2-4-8-12/h2-4,7-8,13,17H,1,5-6,9-10H2. The molecule has 1 atom stereocenters. The van der Waals surface area contributed by atoms with Crippen LogP contribution in [-0.4, -0.2) is 22.7 Å². The van der Waals surface area contributed by atoms with Crippen LogP contribution in [0.2, 0.25) is 0 Å². The Labute approximate surface area is 107 Å². The molecule has 0 aromatic heterocycles. The zero-order valence-corrected chi connectivity index (χ0v) is 10.3. The molecule has 94 valence electrons. The fourth-order valence-electron chi connectivity index (χ4n) is 3.35. The molecule has 1 amide bonds. The molecule has 1 unspecified atom stereocenters. The number of anilines is 1. The van der Waals surface area contributed by atoms with Crippen LogP contribution in [-0.2, 0) is 4.79 Å². The molecule has 0 radical (unpaired) electrons. The van der Waals surface area contributed by atoms with Gasteiger partial charge in [0.2, 0.25) is 0 Å².